The van der Waals surface area contributed by atoms with E-state index < -0.39 is 422 Å². The second-order valence-corrected chi connectivity index (χ2v) is 33.2. The molecule has 0 spiro atoms. The van der Waals surface area contributed by atoms with Crippen LogP contribution in [-0.4, -0.2) is 566 Å². The van der Waals surface area contributed by atoms with Gasteiger partial charge in [0, 0.05) is 34.6 Å². The van der Waals surface area contributed by atoms with E-state index in [0.29, 0.717) is 0 Å². The molecule has 0 aromatic rings. The predicted molar refractivity (Wildman–Crippen MR) is 411 cm³/mol. The summed E-state index contributed by atoms with van der Waals surface area (Å²) in [6, 6.07) is -10.6. The SMILES string of the molecule is CC(=O)N[C@H]1[C@H](O[C@H]2[C@@H](O)[C@@H](CO[C@@H]3O[C@H](CO)[C@@H](O)[C@H](O)[C@H]3NC(C)=O)O[C@@H](O[C@H]3[C@H](O)[C@@H](NC(C)=O)[C@H](O[C@H]4[C@@H](O)[C@@H](CO[C@@H]5O[C@H](CO)[C@@H](O)[C@H](O)[C@H]5NC(C)=O)O[C@@H](O[C@H]5[C@H](O)[C@@H](NC(C)=O)[C@H](O[C@H]6[C@@H](O)[C@@H](CO)O[C@@H](O[C@H]7[C@H](O)[C@@H](O)[C@H](OC[C@@H](CO)NC=O)O[C@@H]7CO)[C@@H]6O)O[C@@H]5CO)[C@@H]4O)O[C@@H]3CO)[C@@H]2O)O[C@H](CO)[C@@H](O[C@@H]2O[C@H](CO)[C@H](O)[C@H](O)[C@H]2O)[C@@H]1O. The number of amides is 6. The molecule has 10 rings (SSSR count). The summed E-state index contributed by atoms with van der Waals surface area (Å²) in [6.07, 6.45) is -94.0. The Morgan fingerprint density at radius 1 is 0.248 bits per heavy atom. The van der Waals surface area contributed by atoms with Crippen LogP contribution in [0.3, 0.4) is 0 Å². The second kappa shape index (κ2) is 49.4. The van der Waals surface area contributed by atoms with Gasteiger partial charge in [-0.25, -0.2) is 0 Å². The number of rotatable bonds is 39. The third kappa shape index (κ3) is 25.5. The highest BCUT2D eigenvalue weighted by molar-refractivity contribution is 5.75. The fourth-order valence-electron chi connectivity index (χ4n) is 16.9. The van der Waals surface area contributed by atoms with Crippen molar-refractivity contribution < 1.29 is 261 Å². The van der Waals surface area contributed by atoms with Crippen molar-refractivity contribution in [3.05, 3.63) is 0 Å². The predicted octanol–water partition coefficient (Wildman–Crippen LogP) is -23.0. The maximum Gasteiger partial charge on any atom is 0.217 e. The fraction of sp³-hybridized carbons (Fsp3) is 0.919. The zero-order valence-electron chi connectivity index (χ0n) is 71.7. The van der Waals surface area contributed by atoms with E-state index in [-0.39, 0.29) is 6.41 Å². The van der Waals surface area contributed by atoms with E-state index in [0.717, 1.165) is 34.6 Å². The first kappa shape index (κ1) is 110. The van der Waals surface area contributed by atoms with Gasteiger partial charge in [-0.05, 0) is 0 Å². The van der Waals surface area contributed by atoms with E-state index in [1.165, 1.54) is 0 Å². The van der Waals surface area contributed by atoms with Crippen LogP contribution in [0.4, 0.5) is 0 Å². The van der Waals surface area contributed by atoms with Gasteiger partial charge in [-0.2, -0.15) is 0 Å². The van der Waals surface area contributed by atoms with Gasteiger partial charge >= 0.3 is 0 Å². The lowest BCUT2D eigenvalue weighted by atomic mass is 9.93. The van der Waals surface area contributed by atoms with Gasteiger partial charge in [-0.1, -0.05) is 0 Å². The molecule has 0 aromatic heterocycles. The molecule has 6 amide bonds. The van der Waals surface area contributed by atoms with Crippen molar-refractivity contribution in [3.8, 4) is 0 Å². The molecule has 0 saturated carbocycles. The molecule has 59 nitrogen and oxygen atoms in total. The van der Waals surface area contributed by atoms with E-state index in [1.54, 1.807) is 0 Å². The molecule has 0 aromatic carbocycles. The summed E-state index contributed by atoms with van der Waals surface area (Å²) in [5, 5.41) is 317. The van der Waals surface area contributed by atoms with Crippen LogP contribution in [0.25, 0.3) is 0 Å². The molecule has 768 valence electrons. The Hall–Kier alpha value is -5.06. The smallest absolute Gasteiger partial charge is 0.217 e. The Balaban J connectivity index is 0.945. The minimum Gasteiger partial charge on any atom is -0.394 e. The zero-order valence-corrected chi connectivity index (χ0v) is 71.7. The minimum atomic E-state index is -2.57. The minimum absolute atomic E-state index is 0.239. The van der Waals surface area contributed by atoms with Crippen LogP contribution in [-0.2, 0) is 124 Å². The lowest BCUT2D eigenvalue weighted by molar-refractivity contribution is -0.392. The number of carbonyl (C=O) groups is 6. The van der Waals surface area contributed by atoms with Crippen LogP contribution in [0.5, 0.6) is 0 Å². The van der Waals surface area contributed by atoms with Crippen molar-refractivity contribution in [1.29, 1.82) is 0 Å². The van der Waals surface area contributed by atoms with E-state index in [2.05, 4.69) is 31.9 Å². The van der Waals surface area contributed by atoms with Gasteiger partial charge in [-0.3, -0.25) is 28.8 Å². The molecule has 59 heteroatoms. The summed E-state index contributed by atoms with van der Waals surface area (Å²) >= 11 is 0. The van der Waals surface area contributed by atoms with Gasteiger partial charge < -0.3 is 265 Å². The summed E-state index contributed by atoms with van der Waals surface area (Å²) in [5.41, 5.74) is 0. The van der Waals surface area contributed by atoms with E-state index in [1.807, 2.05) is 0 Å². The van der Waals surface area contributed by atoms with Crippen LogP contribution >= 0.6 is 0 Å². The Bertz CT molecular complexity index is 3630. The van der Waals surface area contributed by atoms with Gasteiger partial charge in [0.15, 0.2) is 62.9 Å². The lowest BCUT2D eigenvalue weighted by Crippen LogP contribution is -2.71. The molecular formula is C74H124N6O53. The van der Waals surface area contributed by atoms with Crippen molar-refractivity contribution in [2.24, 2.45) is 0 Å². The molecule has 10 saturated heterocycles. The van der Waals surface area contributed by atoms with Gasteiger partial charge in [0.25, 0.3) is 0 Å². The average Bonchev–Trinajstić information content (AvgIpc) is 0.765. The first-order chi connectivity index (χ1) is 63.1. The van der Waals surface area contributed by atoms with Crippen molar-refractivity contribution >= 4 is 35.9 Å². The lowest BCUT2D eigenvalue weighted by Gasteiger charge is -2.51. The van der Waals surface area contributed by atoms with Crippen LogP contribution < -0.4 is 31.9 Å². The van der Waals surface area contributed by atoms with Crippen molar-refractivity contribution in [2.45, 2.75) is 347 Å². The van der Waals surface area contributed by atoms with E-state index >= 15 is 0 Å². The molecule has 133 heavy (non-hydrogen) atoms. The Labute approximate surface area is 753 Å². The molecule has 10 aliphatic rings. The second-order valence-electron chi connectivity index (χ2n) is 33.2. The maximum absolute atomic E-state index is 13.5. The van der Waals surface area contributed by atoms with Crippen molar-refractivity contribution in [1.82, 2.24) is 31.9 Å². The zero-order chi connectivity index (χ0) is 97.9. The molecular weight excluding hydrogens is 1820 g/mol. The number of nitrogens with one attached hydrogen (secondary N) is 6. The van der Waals surface area contributed by atoms with Crippen LogP contribution in [0.1, 0.15) is 34.6 Å². The third-order valence-corrected chi connectivity index (χ3v) is 23.8. The quantitative estimate of drug-likeness (QED) is 0.0254. The Morgan fingerprint density at radius 3 is 0.774 bits per heavy atom. The molecule has 10 fully saturated rings. The van der Waals surface area contributed by atoms with E-state index in [9.17, 15) is 167 Å². The largest absolute Gasteiger partial charge is 0.394 e. The molecule has 51 atom stereocenters. The number of aliphatic hydroxyl groups is 27. The molecule has 0 unspecified atom stereocenters. The summed E-state index contributed by atoms with van der Waals surface area (Å²) in [5.74, 6) is -4.73. The summed E-state index contributed by atoms with van der Waals surface area (Å²) < 4.78 is 119. The molecule has 10 aliphatic heterocycles. The number of carbonyl (C=O) groups excluding carboxylic acids is 6. The van der Waals surface area contributed by atoms with Crippen LogP contribution in [0, 0.1) is 0 Å². The van der Waals surface area contributed by atoms with Gasteiger partial charge in [0.2, 0.25) is 35.9 Å². The summed E-state index contributed by atoms with van der Waals surface area (Å²) in [4.78, 5) is 75.8. The van der Waals surface area contributed by atoms with Gasteiger partial charge in [-0.15, -0.1) is 0 Å². The molecule has 0 bridgehead atoms. The van der Waals surface area contributed by atoms with Crippen LogP contribution in [0.2, 0.25) is 0 Å². The standard InChI is InChI=1S/C74H124N6O53/c1-19(91)76-35-46(102)40(96)25(7-82)117-65(35)115-16-33-44(100)63(132-68-37(78-21(3)93)48(104)58(29(11-86)121-68)127-71-53(109)51(107)42(98)27(9-84)119-71)56(112)74(126-33)129-60-31(13-88)123-69(39(50(60)106)80-23(5)95)133-64-45(101)34(17-116-66-36(77-20(2)92)47(103)41(97)26(8-83)118-66)125-73(57(64)113)128-59-30(12-87)122-67(38(49(59)105)79-22(4)94)131-62-43(99)28(10-85)120-72(55(62)111)130-61-32(14-89)124-70(54(110)52(61)108)114-15-24(6-81)75-18-90/h18,24-74,81-89,96-113H,6-17H2,1-5H3,(H,75,90)(H,76,91)(H,77,92)(H,78,93)(H,79,94)(H,80,95)/t24-,25-,26-,27-,28-,29-,30-,31-,32-,33-,34-,35-,36-,37-,38-,39-,40-,41-,42+,43+,44+,45+,46-,47-,48-,49-,50-,51+,52-,53-,54-,55-,56-,57-,58-,59-,60-,61-,62+,63+,64+,65-,66-,67+,68+,69+,70-,71+,72+,73+,74+/m1/s1. The highest BCUT2D eigenvalue weighted by Crippen LogP contribution is 2.41. The normalized spacial score (nSPS) is 46.7. The summed E-state index contributed by atoms with van der Waals surface area (Å²) in [7, 11) is 0. The molecule has 10 heterocycles. The van der Waals surface area contributed by atoms with Crippen molar-refractivity contribution in [3.63, 3.8) is 0 Å². The average molecular weight is 1950 g/mol. The van der Waals surface area contributed by atoms with E-state index in [4.69, 9.17) is 94.7 Å². The Morgan fingerprint density at radius 2 is 0.481 bits per heavy atom. The maximum atomic E-state index is 13.5. The first-order valence-corrected chi connectivity index (χ1v) is 42.3. The molecule has 33 N–H and O–H groups in total. The van der Waals surface area contributed by atoms with Gasteiger partial charge in [0.05, 0.1) is 85.3 Å². The monoisotopic (exact) mass is 1940 g/mol. The topological polar surface area (TPSA) is 905 Å². The first-order valence-electron chi connectivity index (χ1n) is 42.3. The third-order valence-electron chi connectivity index (χ3n) is 23.8. The highest BCUT2D eigenvalue weighted by atomic mass is 16.8. The summed E-state index contributed by atoms with van der Waals surface area (Å²) in [6.45, 7) is -7.43. The van der Waals surface area contributed by atoms with Crippen molar-refractivity contribution in [2.75, 3.05) is 79.3 Å². The van der Waals surface area contributed by atoms with Gasteiger partial charge in [0.1, 0.15) is 244 Å². The highest BCUT2D eigenvalue weighted by Gasteiger charge is 2.62. The Kier molecular flexibility index (Phi) is 40.8. The number of ether oxygens (including phenoxy) is 20. The number of hydrogen-bond acceptors (Lipinski definition) is 53. The molecule has 0 aliphatic carbocycles. The fourth-order valence-corrected chi connectivity index (χ4v) is 16.9. The number of hydrogen-bond donors (Lipinski definition) is 33. The number of aliphatic hydroxyl groups excluding tert-OH is 27. The molecule has 0 radical (unpaired) electrons. The van der Waals surface area contributed by atoms with Crippen LogP contribution in [0.15, 0.2) is 0 Å².